The molecule has 1 aliphatic heterocycles. The van der Waals surface area contributed by atoms with Crippen LogP contribution >= 0.6 is 0 Å². The molecule has 3 nitrogen and oxygen atoms in total. The van der Waals surface area contributed by atoms with E-state index in [0.29, 0.717) is 0 Å². The van der Waals surface area contributed by atoms with Crippen LogP contribution in [-0.2, 0) is 10.2 Å². The molecule has 0 amide bonds. The van der Waals surface area contributed by atoms with Crippen molar-refractivity contribution in [2.24, 2.45) is 11.1 Å². The van der Waals surface area contributed by atoms with Crippen molar-refractivity contribution in [1.82, 2.24) is 0 Å². The number of benzene rings is 1. The molecular weight excluding hydrogens is 226 g/mol. The molecule has 0 aromatic heterocycles. The molecule has 2 fully saturated rings. The van der Waals surface area contributed by atoms with E-state index in [-0.39, 0.29) is 10.8 Å². The molecule has 3 rings (SSSR count). The summed E-state index contributed by atoms with van der Waals surface area (Å²) in [5, 5.41) is 0. The van der Waals surface area contributed by atoms with E-state index in [1.807, 2.05) is 12.1 Å². The number of ether oxygens (including phenoxy) is 2. The number of hydrogen-bond donors (Lipinski definition) is 1. The van der Waals surface area contributed by atoms with Gasteiger partial charge in [-0.1, -0.05) is 18.6 Å². The van der Waals surface area contributed by atoms with Crippen LogP contribution in [0.25, 0.3) is 0 Å². The van der Waals surface area contributed by atoms with Crippen molar-refractivity contribution in [2.45, 2.75) is 24.7 Å². The van der Waals surface area contributed by atoms with Gasteiger partial charge >= 0.3 is 0 Å². The highest BCUT2D eigenvalue weighted by Crippen LogP contribution is 2.57. The van der Waals surface area contributed by atoms with Crippen LogP contribution in [0.4, 0.5) is 0 Å². The van der Waals surface area contributed by atoms with Crippen LogP contribution in [0.15, 0.2) is 24.3 Å². The zero-order valence-electron chi connectivity index (χ0n) is 10.9. The lowest BCUT2D eigenvalue weighted by Crippen LogP contribution is -2.64. The molecule has 2 aliphatic rings. The van der Waals surface area contributed by atoms with Gasteiger partial charge in [-0.3, -0.25) is 0 Å². The Morgan fingerprint density at radius 2 is 1.89 bits per heavy atom. The molecule has 0 radical (unpaired) electrons. The Morgan fingerprint density at radius 3 is 2.22 bits per heavy atom. The number of hydrogen-bond acceptors (Lipinski definition) is 3. The molecule has 1 aromatic rings. The quantitative estimate of drug-likeness (QED) is 0.886. The van der Waals surface area contributed by atoms with Crippen LogP contribution in [0.5, 0.6) is 5.75 Å². The van der Waals surface area contributed by atoms with Crippen molar-refractivity contribution in [3.8, 4) is 5.75 Å². The van der Waals surface area contributed by atoms with Gasteiger partial charge in [-0.05, 0) is 42.5 Å². The molecule has 1 aliphatic carbocycles. The minimum Gasteiger partial charge on any atom is -0.497 e. The maximum atomic E-state index is 6.08. The SMILES string of the molecule is COc1ccc(C2(C3(CN)CCC3)COC2)cc1. The first-order valence-electron chi connectivity index (χ1n) is 6.69. The van der Waals surface area contributed by atoms with Crippen LogP contribution < -0.4 is 10.5 Å². The van der Waals surface area contributed by atoms with Crippen LogP contribution in [0.3, 0.4) is 0 Å². The second-order valence-corrected chi connectivity index (χ2v) is 5.64. The molecule has 0 spiro atoms. The Morgan fingerprint density at radius 1 is 1.22 bits per heavy atom. The number of rotatable bonds is 4. The largest absolute Gasteiger partial charge is 0.497 e. The summed E-state index contributed by atoms with van der Waals surface area (Å²) in [6.45, 7) is 2.40. The summed E-state index contributed by atoms with van der Waals surface area (Å²) in [6, 6.07) is 8.44. The van der Waals surface area contributed by atoms with Gasteiger partial charge in [0.1, 0.15) is 5.75 Å². The minimum absolute atomic E-state index is 0.145. The molecule has 0 bridgehead atoms. The number of methoxy groups -OCH3 is 1. The van der Waals surface area contributed by atoms with Gasteiger partial charge in [-0.2, -0.15) is 0 Å². The summed E-state index contributed by atoms with van der Waals surface area (Å²) in [4.78, 5) is 0. The van der Waals surface area contributed by atoms with Gasteiger partial charge in [0, 0.05) is 5.41 Å². The molecule has 98 valence electrons. The van der Waals surface area contributed by atoms with Crippen LogP contribution in [-0.4, -0.2) is 26.9 Å². The highest BCUT2D eigenvalue weighted by molar-refractivity contribution is 5.37. The van der Waals surface area contributed by atoms with Crippen molar-refractivity contribution in [3.63, 3.8) is 0 Å². The zero-order chi connectivity index (χ0) is 12.6. The molecule has 1 aromatic carbocycles. The van der Waals surface area contributed by atoms with E-state index in [9.17, 15) is 0 Å². The summed E-state index contributed by atoms with van der Waals surface area (Å²) < 4.78 is 10.8. The average Bonchev–Trinajstić information content (AvgIpc) is 2.31. The van der Waals surface area contributed by atoms with Gasteiger partial charge in [0.05, 0.1) is 20.3 Å². The first kappa shape index (κ1) is 12.0. The summed E-state index contributed by atoms with van der Waals surface area (Å²) in [7, 11) is 1.70. The molecule has 1 saturated carbocycles. The Kier molecular flexibility index (Phi) is 2.83. The summed E-state index contributed by atoms with van der Waals surface area (Å²) in [6.07, 6.45) is 3.77. The predicted molar refractivity (Wildman–Crippen MR) is 70.8 cm³/mol. The third kappa shape index (κ3) is 1.44. The molecule has 0 unspecified atom stereocenters. The summed E-state index contributed by atoms with van der Waals surface area (Å²) >= 11 is 0. The van der Waals surface area contributed by atoms with Gasteiger partial charge in [-0.25, -0.2) is 0 Å². The molecule has 1 heterocycles. The molecule has 0 atom stereocenters. The lowest BCUT2D eigenvalue weighted by molar-refractivity contribution is -0.154. The van der Waals surface area contributed by atoms with Crippen molar-refractivity contribution in [2.75, 3.05) is 26.9 Å². The maximum absolute atomic E-state index is 6.08. The first-order chi connectivity index (χ1) is 8.76. The van der Waals surface area contributed by atoms with E-state index in [4.69, 9.17) is 15.2 Å². The first-order valence-corrected chi connectivity index (χ1v) is 6.69. The monoisotopic (exact) mass is 247 g/mol. The van der Waals surface area contributed by atoms with Gasteiger partial charge in [-0.15, -0.1) is 0 Å². The van der Waals surface area contributed by atoms with Crippen LogP contribution in [0, 0.1) is 5.41 Å². The van der Waals surface area contributed by atoms with Gasteiger partial charge < -0.3 is 15.2 Å². The van der Waals surface area contributed by atoms with Gasteiger partial charge in [0.25, 0.3) is 0 Å². The van der Waals surface area contributed by atoms with E-state index in [0.717, 1.165) is 25.5 Å². The molecule has 3 heteroatoms. The second-order valence-electron chi connectivity index (χ2n) is 5.64. The fraction of sp³-hybridized carbons (Fsp3) is 0.600. The van der Waals surface area contributed by atoms with Crippen LogP contribution in [0.2, 0.25) is 0 Å². The zero-order valence-corrected chi connectivity index (χ0v) is 10.9. The minimum atomic E-state index is 0.145. The van der Waals surface area contributed by atoms with E-state index in [1.54, 1.807) is 7.11 Å². The lowest BCUT2D eigenvalue weighted by Gasteiger charge is -2.60. The molecule has 2 N–H and O–H groups in total. The molecule has 18 heavy (non-hydrogen) atoms. The summed E-state index contributed by atoms with van der Waals surface area (Å²) in [5.74, 6) is 0.907. The third-order valence-corrected chi connectivity index (χ3v) is 5.06. The topological polar surface area (TPSA) is 44.5 Å². The predicted octanol–water partition coefficient (Wildman–Crippen LogP) is 2.09. The van der Waals surface area contributed by atoms with Crippen molar-refractivity contribution in [3.05, 3.63) is 29.8 Å². The smallest absolute Gasteiger partial charge is 0.118 e. The lowest BCUT2D eigenvalue weighted by atomic mass is 9.50. The Hall–Kier alpha value is -1.06. The van der Waals surface area contributed by atoms with Crippen molar-refractivity contribution < 1.29 is 9.47 Å². The Bertz CT molecular complexity index is 413. The van der Waals surface area contributed by atoms with E-state index in [1.165, 1.54) is 24.8 Å². The van der Waals surface area contributed by atoms with E-state index >= 15 is 0 Å². The number of nitrogens with two attached hydrogens (primary N) is 1. The standard InChI is InChI=1S/C15H21NO2/c1-17-13-5-3-12(4-6-13)15(10-18-11-15)14(9-16)7-2-8-14/h3-6H,2,7-11,16H2,1H3. The van der Waals surface area contributed by atoms with E-state index < -0.39 is 0 Å². The normalized spacial score (nSPS) is 23.9. The van der Waals surface area contributed by atoms with E-state index in [2.05, 4.69) is 12.1 Å². The second kappa shape index (κ2) is 4.25. The fourth-order valence-electron chi connectivity index (χ4n) is 3.48. The summed E-state index contributed by atoms with van der Waals surface area (Å²) in [5.41, 5.74) is 7.85. The van der Waals surface area contributed by atoms with Gasteiger partial charge in [0.2, 0.25) is 0 Å². The third-order valence-electron chi connectivity index (χ3n) is 5.06. The fourth-order valence-corrected chi connectivity index (χ4v) is 3.48. The maximum Gasteiger partial charge on any atom is 0.118 e. The average molecular weight is 247 g/mol. The Balaban J connectivity index is 1.95. The van der Waals surface area contributed by atoms with Crippen molar-refractivity contribution >= 4 is 0 Å². The molecule has 1 saturated heterocycles. The van der Waals surface area contributed by atoms with Crippen LogP contribution in [0.1, 0.15) is 24.8 Å². The molecular formula is C15H21NO2. The van der Waals surface area contributed by atoms with Crippen molar-refractivity contribution in [1.29, 1.82) is 0 Å². The highest BCUT2D eigenvalue weighted by Gasteiger charge is 2.58. The van der Waals surface area contributed by atoms with Gasteiger partial charge in [0.15, 0.2) is 0 Å². The highest BCUT2D eigenvalue weighted by atomic mass is 16.5. The Labute approximate surface area is 108 Å².